The van der Waals surface area contributed by atoms with Crippen molar-refractivity contribution in [2.75, 3.05) is 37.0 Å². The molecule has 1 N–H and O–H groups in total. The lowest BCUT2D eigenvalue weighted by atomic mass is 10.2. The van der Waals surface area contributed by atoms with E-state index in [2.05, 4.69) is 36.1 Å². The molecule has 0 radical (unpaired) electrons. The number of anilines is 2. The van der Waals surface area contributed by atoms with E-state index >= 15 is 0 Å². The Hall–Kier alpha value is -0.880. The number of aromatic nitrogens is 2. The van der Waals surface area contributed by atoms with E-state index in [9.17, 15) is 0 Å². The third kappa shape index (κ3) is 2.69. The Balaban J connectivity index is 2.21. The number of ether oxygens (including phenoxy) is 1. The number of nitrogens with zero attached hydrogens (tertiary/aromatic N) is 3. The molecule has 1 unspecified atom stereocenters. The van der Waals surface area contributed by atoms with Gasteiger partial charge in [0.1, 0.15) is 22.4 Å². The molecule has 0 aromatic carbocycles. The molecule has 1 aromatic heterocycles. The highest BCUT2D eigenvalue weighted by molar-refractivity contribution is 9.10. The first-order valence-corrected chi connectivity index (χ1v) is 6.58. The number of likely N-dealkylation sites (N-methyl/N-ethyl adjacent to an activating group) is 1. The largest absolute Gasteiger partial charge is 0.379 e. The molecule has 0 spiro atoms. The minimum absolute atomic E-state index is 0.399. The second-order valence-electron chi connectivity index (χ2n) is 4.02. The third-order valence-electron chi connectivity index (χ3n) is 2.90. The number of rotatable bonds is 4. The van der Waals surface area contributed by atoms with Crippen molar-refractivity contribution in [2.45, 2.75) is 19.4 Å². The fourth-order valence-corrected chi connectivity index (χ4v) is 2.52. The minimum atomic E-state index is 0.399. The van der Waals surface area contributed by atoms with Crippen LogP contribution in [0.15, 0.2) is 10.8 Å². The molecule has 1 aliphatic heterocycles. The van der Waals surface area contributed by atoms with Crippen LogP contribution in [0.2, 0.25) is 0 Å². The van der Waals surface area contributed by atoms with E-state index in [4.69, 9.17) is 4.74 Å². The van der Waals surface area contributed by atoms with Crippen molar-refractivity contribution >= 4 is 27.6 Å². The molecule has 94 valence electrons. The Kier molecular flexibility index (Phi) is 4.17. The van der Waals surface area contributed by atoms with Gasteiger partial charge in [-0.2, -0.15) is 0 Å². The fraction of sp³-hybridized carbons (Fsp3) is 0.636. The lowest BCUT2D eigenvalue weighted by Crippen LogP contribution is -2.32. The summed E-state index contributed by atoms with van der Waals surface area (Å²) in [7, 11) is 2.04. The smallest absolute Gasteiger partial charge is 0.148 e. The average molecular weight is 301 g/mol. The topological polar surface area (TPSA) is 50.3 Å². The molecule has 1 atom stereocenters. The van der Waals surface area contributed by atoms with Crippen LogP contribution in [0.1, 0.15) is 13.3 Å². The van der Waals surface area contributed by atoms with Gasteiger partial charge in [-0.1, -0.05) is 0 Å². The molecular formula is C11H17BrN4O. The van der Waals surface area contributed by atoms with Crippen LogP contribution >= 0.6 is 15.9 Å². The van der Waals surface area contributed by atoms with Crippen LogP contribution in [-0.2, 0) is 4.74 Å². The number of hydrogen-bond donors (Lipinski definition) is 1. The number of nitrogens with one attached hydrogen (secondary N) is 1. The maximum atomic E-state index is 5.40. The monoisotopic (exact) mass is 300 g/mol. The van der Waals surface area contributed by atoms with Crippen LogP contribution in [0.25, 0.3) is 0 Å². The Morgan fingerprint density at radius 1 is 1.59 bits per heavy atom. The lowest BCUT2D eigenvalue weighted by molar-refractivity contribution is 0.193. The zero-order valence-corrected chi connectivity index (χ0v) is 11.7. The number of hydrogen-bond acceptors (Lipinski definition) is 5. The Morgan fingerprint density at radius 2 is 2.41 bits per heavy atom. The highest BCUT2D eigenvalue weighted by Gasteiger charge is 2.23. The van der Waals surface area contributed by atoms with Gasteiger partial charge in [0.05, 0.1) is 12.6 Å². The van der Waals surface area contributed by atoms with Crippen LogP contribution in [0.5, 0.6) is 0 Å². The van der Waals surface area contributed by atoms with E-state index in [-0.39, 0.29) is 0 Å². The maximum absolute atomic E-state index is 5.40. The van der Waals surface area contributed by atoms with Crippen molar-refractivity contribution in [1.29, 1.82) is 0 Å². The van der Waals surface area contributed by atoms with Gasteiger partial charge in [-0.05, 0) is 29.3 Å². The molecule has 1 saturated heterocycles. The van der Waals surface area contributed by atoms with Crippen molar-refractivity contribution in [3.63, 3.8) is 0 Å². The van der Waals surface area contributed by atoms with E-state index in [0.717, 1.165) is 42.3 Å². The molecule has 5 nitrogen and oxygen atoms in total. The molecule has 0 amide bonds. The summed E-state index contributed by atoms with van der Waals surface area (Å²) in [6.07, 6.45) is 2.63. The lowest BCUT2D eigenvalue weighted by Gasteiger charge is -2.25. The predicted molar refractivity (Wildman–Crippen MR) is 71.5 cm³/mol. The van der Waals surface area contributed by atoms with Crippen molar-refractivity contribution in [3.8, 4) is 0 Å². The van der Waals surface area contributed by atoms with Crippen LogP contribution < -0.4 is 10.2 Å². The molecule has 2 heterocycles. The first-order valence-electron chi connectivity index (χ1n) is 5.79. The van der Waals surface area contributed by atoms with Gasteiger partial charge in [0.2, 0.25) is 0 Å². The predicted octanol–water partition coefficient (Wildman–Crippen LogP) is 1.90. The highest BCUT2D eigenvalue weighted by Crippen LogP contribution is 2.30. The van der Waals surface area contributed by atoms with E-state index in [0.29, 0.717) is 6.04 Å². The molecule has 1 fully saturated rings. The molecule has 0 aliphatic carbocycles. The summed E-state index contributed by atoms with van der Waals surface area (Å²) in [5.41, 5.74) is 0. The van der Waals surface area contributed by atoms with Crippen molar-refractivity contribution < 1.29 is 4.74 Å². The van der Waals surface area contributed by atoms with Gasteiger partial charge in [0.25, 0.3) is 0 Å². The number of halogens is 1. The Morgan fingerprint density at radius 3 is 3.06 bits per heavy atom. The summed E-state index contributed by atoms with van der Waals surface area (Å²) in [4.78, 5) is 10.7. The molecule has 1 aliphatic rings. The van der Waals surface area contributed by atoms with E-state index in [1.165, 1.54) is 0 Å². The van der Waals surface area contributed by atoms with Gasteiger partial charge in [-0.3, -0.25) is 0 Å². The minimum Gasteiger partial charge on any atom is -0.379 e. The fourth-order valence-electron chi connectivity index (χ4n) is 1.90. The van der Waals surface area contributed by atoms with Crippen molar-refractivity contribution in [3.05, 3.63) is 10.8 Å². The summed E-state index contributed by atoms with van der Waals surface area (Å²) in [6.45, 7) is 4.48. The average Bonchev–Trinajstić information content (AvgIpc) is 2.85. The van der Waals surface area contributed by atoms with E-state index in [1.807, 2.05) is 14.0 Å². The molecule has 0 bridgehead atoms. The van der Waals surface area contributed by atoms with Crippen molar-refractivity contribution in [1.82, 2.24) is 9.97 Å². The molecule has 17 heavy (non-hydrogen) atoms. The summed E-state index contributed by atoms with van der Waals surface area (Å²) in [6, 6.07) is 0.399. The molecular weight excluding hydrogens is 284 g/mol. The van der Waals surface area contributed by atoms with E-state index in [1.54, 1.807) is 6.33 Å². The quantitative estimate of drug-likeness (QED) is 0.920. The zero-order valence-electron chi connectivity index (χ0n) is 10.1. The maximum Gasteiger partial charge on any atom is 0.148 e. The summed E-state index contributed by atoms with van der Waals surface area (Å²) < 4.78 is 6.31. The highest BCUT2D eigenvalue weighted by atomic mass is 79.9. The molecule has 0 saturated carbocycles. The normalized spacial score (nSPS) is 19.4. The molecule has 1 aromatic rings. The summed E-state index contributed by atoms with van der Waals surface area (Å²) >= 11 is 3.56. The Bertz CT molecular complexity index is 382. The van der Waals surface area contributed by atoms with E-state index < -0.39 is 0 Å². The van der Waals surface area contributed by atoms with Gasteiger partial charge in [-0.25, -0.2) is 9.97 Å². The van der Waals surface area contributed by atoms with Crippen LogP contribution in [0.3, 0.4) is 0 Å². The second kappa shape index (κ2) is 5.64. The first kappa shape index (κ1) is 12.6. The Labute approximate surface area is 110 Å². The van der Waals surface area contributed by atoms with Crippen LogP contribution in [0.4, 0.5) is 11.6 Å². The third-order valence-corrected chi connectivity index (χ3v) is 3.63. The SMILES string of the molecule is CCNc1ncnc(N(C)C2CCOC2)c1Br. The molecule has 2 rings (SSSR count). The van der Waals surface area contributed by atoms with Crippen LogP contribution in [0, 0.1) is 0 Å². The standard InChI is InChI=1S/C11H17BrN4O/c1-3-13-10-9(12)11(15-7-14-10)16(2)8-4-5-17-6-8/h7-8H,3-6H2,1-2H3,(H,13,14,15). The van der Waals surface area contributed by atoms with Gasteiger partial charge >= 0.3 is 0 Å². The summed E-state index contributed by atoms with van der Waals surface area (Å²) in [5, 5.41) is 3.21. The van der Waals surface area contributed by atoms with Crippen LogP contribution in [-0.4, -0.2) is 42.8 Å². The van der Waals surface area contributed by atoms with Gasteiger partial charge < -0.3 is 15.0 Å². The van der Waals surface area contributed by atoms with Gasteiger partial charge in [0, 0.05) is 20.2 Å². The van der Waals surface area contributed by atoms with Crippen molar-refractivity contribution in [2.24, 2.45) is 0 Å². The van der Waals surface area contributed by atoms with Gasteiger partial charge in [0.15, 0.2) is 0 Å². The van der Waals surface area contributed by atoms with Gasteiger partial charge in [-0.15, -0.1) is 0 Å². The molecule has 6 heteroatoms. The summed E-state index contributed by atoms with van der Waals surface area (Å²) in [5.74, 6) is 1.75. The second-order valence-corrected chi connectivity index (χ2v) is 4.81. The first-order chi connectivity index (χ1) is 8.24. The zero-order chi connectivity index (χ0) is 12.3.